The number of carbonyl (C=O) groups excluding carboxylic acids is 4. The Balaban J connectivity index is 0.000000449. The Bertz CT molecular complexity index is 2640. The SMILES string of the molecule is CC(=O)CP(=O)(OCC(F)F)OCC(F)F.COc1c(C)c2c(c(OCC[Si](C)(C)C)c1C/C=C(\C)CBr)C(=O)OC2.COc1c(C)c2c(c(OCC[Si](C)(C)C)c1C/C=C(\C)CC(C(C)=O)P(C)(=O)OCC(F)(F)F)C(=O)OC2. The lowest BCUT2D eigenvalue weighted by Gasteiger charge is -2.24. The van der Waals surface area contributed by atoms with Gasteiger partial charge < -0.3 is 42.0 Å². The number of ketones is 2. The number of hydrogen-bond acceptors (Lipinski definition) is 15. The molecule has 0 spiro atoms. The van der Waals surface area contributed by atoms with E-state index in [1.807, 2.05) is 13.8 Å². The van der Waals surface area contributed by atoms with E-state index in [0.717, 1.165) is 59.0 Å². The van der Waals surface area contributed by atoms with Gasteiger partial charge in [0.2, 0.25) is 7.37 Å². The minimum Gasteiger partial charge on any atom is -0.496 e. The van der Waals surface area contributed by atoms with Gasteiger partial charge in [-0.05, 0) is 84.0 Å². The fourth-order valence-corrected chi connectivity index (χ4v) is 12.9. The minimum atomic E-state index is -4.66. The molecule has 2 aromatic carbocycles. The first-order valence-corrected chi connectivity index (χ1v) is 37.9. The Morgan fingerprint density at radius 3 is 1.41 bits per heavy atom. The predicted molar refractivity (Wildman–Crippen MR) is 301 cm³/mol. The first-order chi connectivity index (χ1) is 36.8. The van der Waals surface area contributed by atoms with E-state index in [1.54, 1.807) is 20.1 Å². The number of hydrogen-bond donors (Lipinski definition) is 0. The highest BCUT2D eigenvalue weighted by Gasteiger charge is 2.39. The van der Waals surface area contributed by atoms with Gasteiger partial charge in [0, 0.05) is 50.4 Å². The van der Waals surface area contributed by atoms with Crippen LogP contribution in [0.15, 0.2) is 23.3 Å². The second-order valence-electron chi connectivity index (χ2n) is 21.7. The van der Waals surface area contributed by atoms with Crippen molar-refractivity contribution in [1.29, 1.82) is 0 Å². The normalized spacial score (nSPS) is 15.0. The van der Waals surface area contributed by atoms with Crippen molar-refractivity contribution in [3.05, 3.63) is 67.8 Å². The van der Waals surface area contributed by atoms with Gasteiger partial charge in [-0.1, -0.05) is 78.5 Å². The van der Waals surface area contributed by atoms with Crippen LogP contribution in [0.3, 0.4) is 0 Å². The number of rotatable bonds is 29. The van der Waals surface area contributed by atoms with Crippen molar-refractivity contribution in [3.8, 4) is 23.0 Å². The van der Waals surface area contributed by atoms with Gasteiger partial charge in [-0.25, -0.2) is 27.2 Å². The van der Waals surface area contributed by atoms with Gasteiger partial charge in [0.25, 0.3) is 12.9 Å². The first-order valence-electron chi connectivity index (χ1n) is 25.5. The number of fused-ring (bicyclic) bond motifs is 2. The second-order valence-corrected chi connectivity index (χ2v) is 38.3. The van der Waals surface area contributed by atoms with Gasteiger partial charge in [-0.2, -0.15) is 13.2 Å². The number of carbonyl (C=O) groups is 4. The molecule has 2 aliphatic heterocycles. The molecule has 0 saturated heterocycles. The Hall–Kier alpha value is -3.84. The number of alkyl halides is 8. The first kappa shape index (κ1) is 72.3. The van der Waals surface area contributed by atoms with E-state index < -0.39 is 99.3 Å². The molecule has 0 fully saturated rings. The van der Waals surface area contributed by atoms with E-state index in [4.69, 9.17) is 28.4 Å². The standard InChI is InChI=1S/C26H38F3O7PSi.C20H29BrO4Si.C7H11F4O4P/c1-16(13-21(18(3)30)37(5,32)36-15-26(27,28)29)9-10-19-23(33-4)17(2)20-14-35-25(31)22(20)24(19)34-11-12-38(6,7)8;1-13(11-21)7-8-15-18(23-3)14(2)16-12-25-20(22)17(16)19(15)24-9-10-26(4,5)6;1-5(12)4-16(13,14-2-6(8)9)15-3-7(10)11/h9,21H,10-15H2,1-8H3;7H,8-12H2,1-6H3;6-7H,2-4H2,1H3/b16-9+;13-7+;. The number of esters is 2. The lowest BCUT2D eigenvalue weighted by Crippen LogP contribution is -2.23. The van der Waals surface area contributed by atoms with E-state index in [2.05, 4.69) is 81.8 Å². The van der Waals surface area contributed by atoms with Crippen molar-refractivity contribution in [2.24, 2.45) is 0 Å². The van der Waals surface area contributed by atoms with Crippen molar-refractivity contribution in [2.75, 3.05) is 65.4 Å². The Morgan fingerprint density at radius 2 is 1.09 bits per heavy atom. The van der Waals surface area contributed by atoms with Crippen LogP contribution in [0, 0.1) is 13.8 Å². The molecule has 0 aliphatic carbocycles. The van der Waals surface area contributed by atoms with Crippen molar-refractivity contribution in [1.82, 2.24) is 0 Å². The Morgan fingerprint density at radius 1 is 0.688 bits per heavy atom. The van der Waals surface area contributed by atoms with E-state index >= 15 is 0 Å². The number of benzene rings is 2. The lowest BCUT2D eigenvalue weighted by atomic mass is 9.94. The zero-order valence-electron chi connectivity index (χ0n) is 48.3. The summed E-state index contributed by atoms with van der Waals surface area (Å²) in [5.41, 5.74) is 6.47. The van der Waals surface area contributed by atoms with Gasteiger partial charge in [-0.3, -0.25) is 18.7 Å². The number of ether oxygens (including phenoxy) is 6. The zero-order valence-corrected chi connectivity index (χ0v) is 53.7. The van der Waals surface area contributed by atoms with Gasteiger partial charge in [0.05, 0.1) is 33.1 Å². The fraction of sp³-hybridized carbons (Fsp3) is 0.623. The summed E-state index contributed by atoms with van der Waals surface area (Å²) in [6.07, 6.45) is -6.52. The molecular formula is C53H78BrF7O15P2Si2. The van der Waals surface area contributed by atoms with Crippen LogP contribution < -0.4 is 18.9 Å². The van der Waals surface area contributed by atoms with Gasteiger partial charge in [-0.15, -0.1) is 0 Å². The van der Waals surface area contributed by atoms with Crippen LogP contribution in [0.1, 0.15) is 88.2 Å². The topological polar surface area (TPSA) is 185 Å². The third kappa shape index (κ3) is 23.4. The van der Waals surface area contributed by atoms with E-state index in [0.29, 0.717) is 64.7 Å². The maximum Gasteiger partial charge on any atom is 0.412 e. The molecule has 0 amide bonds. The molecule has 2 aromatic rings. The monoisotopic (exact) mass is 1280 g/mol. The third-order valence-electron chi connectivity index (χ3n) is 12.2. The molecular weight excluding hydrogens is 1210 g/mol. The Kier molecular flexibility index (Phi) is 28.7. The zero-order chi connectivity index (χ0) is 61.3. The van der Waals surface area contributed by atoms with Crippen LogP contribution in [-0.2, 0) is 67.8 Å². The summed E-state index contributed by atoms with van der Waals surface area (Å²) in [6, 6.07) is 1.90. The average molecular weight is 1290 g/mol. The van der Waals surface area contributed by atoms with Crippen LogP contribution in [0.4, 0.5) is 30.7 Å². The molecule has 27 heteroatoms. The molecule has 80 heavy (non-hydrogen) atoms. The van der Waals surface area contributed by atoms with Crippen molar-refractivity contribution in [2.45, 2.75) is 150 Å². The summed E-state index contributed by atoms with van der Waals surface area (Å²) in [4.78, 5) is 47.9. The van der Waals surface area contributed by atoms with Crippen LogP contribution in [0.25, 0.3) is 0 Å². The number of methoxy groups -OCH3 is 2. The van der Waals surface area contributed by atoms with Gasteiger partial charge in [0.15, 0.2) is 0 Å². The van der Waals surface area contributed by atoms with Gasteiger partial charge in [0.1, 0.15) is 84.9 Å². The van der Waals surface area contributed by atoms with Crippen LogP contribution >= 0.6 is 30.9 Å². The van der Waals surface area contributed by atoms with E-state index in [1.165, 1.54) is 19.6 Å². The van der Waals surface area contributed by atoms with Crippen LogP contribution in [0.2, 0.25) is 51.4 Å². The molecule has 454 valence electrons. The van der Waals surface area contributed by atoms with E-state index in [-0.39, 0.29) is 32.0 Å². The largest absolute Gasteiger partial charge is 0.496 e. The molecule has 4 rings (SSSR count). The molecule has 0 aromatic heterocycles. The number of halogens is 8. The predicted octanol–water partition coefficient (Wildman–Crippen LogP) is 14.3. The molecule has 0 radical (unpaired) electrons. The molecule has 15 nitrogen and oxygen atoms in total. The molecule has 2 atom stereocenters. The molecule has 2 unspecified atom stereocenters. The highest BCUT2D eigenvalue weighted by atomic mass is 79.9. The van der Waals surface area contributed by atoms with Crippen molar-refractivity contribution < 1.29 is 101 Å². The van der Waals surface area contributed by atoms with Crippen molar-refractivity contribution >= 4 is 70.5 Å². The quantitative estimate of drug-likeness (QED) is 0.0187. The molecule has 2 aliphatic rings. The lowest BCUT2D eigenvalue weighted by molar-refractivity contribution is -0.153. The second kappa shape index (κ2) is 31.7. The summed E-state index contributed by atoms with van der Waals surface area (Å²) in [5.74, 6) is 0.432. The summed E-state index contributed by atoms with van der Waals surface area (Å²) in [7, 11) is -7.57. The number of allylic oxidation sites excluding steroid dienone is 4. The molecule has 0 N–H and O–H groups in total. The average Bonchev–Trinajstić information content (AvgIpc) is 3.92. The molecule has 0 saturated carbocycles. The summed E-state index contributed by atoms with van der Waals surface area (Å²) in [6.45, 7) is 21.7. The summed E-state index contributed by atoms with van der Waals surface area (Å²) in [5, 5.41) is 0.813. The summed E-state index contributed by atoms with van der Waals surface area (Å²) < 4.78 is 157. The van der Waals surface area contributed by atoms with E-state index in [9.17, 15) is 59.0 Å². The maximum atomic E-state index is 12.9. The molecule has 2 heterocycles. The smallest absolute Gasteiger partial charge is 0.412 e. The fourth-order valence-electron chi connectivity index (χ4n) is 7.92. The summed E-state index contributed by atoms with van der Waals surface area (Å²) >= 11 is 3.48. The highest BCUT2D eigenvalue weighted by molar-refractivity contribution is 9.09. The van der Waals surface area contributed by atoms with Crippen molar-refractivity contribution in [3.63, 3.8) is 0 Å². The van der Waals surface area contributed by atoms with Crippen LogP contribution in [-0.4, -0.2) is 130 Å². The van der Waals surface area contributed by atoms with Gasteiger partial charge >= 0.3 is 25.7 Å². The Labute approximate surface area is 475 Å². The maximum absolute atomic E-state index is 12.9. The minimum absolute atomic E-state index is 0.0406. The number of Topliss-reactive ketones (excluding diaryl/α,β-unsaturated/α-hetero) is 2. The third-order valence-corrected chi connectivity index (χ3v) is 20.7. The van der Waals surface area contributed by atoms with Crippen LogP contribution in [0.5, 0.6) is 23.0 Å². The molecule has 0 bridgehead atoms. The number of cyclic esters (lactones) is 2. The highest BCUT2D eigenvalue weighted by Crippen LogP contribution is 2.52.